The zero-order chi connectivity index (χ0) is 8.15. The molecule has 0 atom stereocenters. The summed E-state index contributed by atoms with van der Waals surface area (Å²) in [7, 11) is 0. The molecule has 0 spiro atoms. The van der Waals surface area contributed by atoms with Crippen LogP contribution >= 0.6 is 0 Å². The van der Waals surface area contributed by atoms with Crippen molar-refractivity contribution in [1.82, 2.24) is 5.01 Å². The van der Waals surface area contributed by atoms with Gasteiger partial charge in [-0.2, -0.15) is 13.9 Å². The number of hydrazone groups is 1. The van der Waals surface area contributed by atoms with Gasteiger partial charge in [-0.05, 0) is 13.8 Å². The van der Waals surface area contributed by atoms with Crippen LogP contribution in [0.15, 0.2) is 16.9 Å². The molecule has 0 aliphatic carbocycles. The summed E-state index contributed by atoms with van der Waals surface area (Å²) in [5.41, 5.74) is 0.394. The highest BCUT2D eigenvalue weighted by Crippen LogP contribution is 2.10. The van der Waals surface area contributed by atoms with Crippen molar-refractivity contribution in [2.24, 2.45) is 5.10 Å². The first-order valence-corrected chi connectivity index (χ1v) is 2.80. The van der Waals surface area contributed by atoms with Crippen LogP contribution < -0.4 is 0 Å². The van der Waals surface area contributed by atoms with Gasteiger partial charge in [-0.3, -0.25) is 0 Å². The molecule has 0 heterocycles. The Kier molecular flexibility index (Phi) is 3.61. The molecule has 0 radical (unpaired) electrons. The Morgan fingerprint density at radius 3 is 2.30 bits per heavy atom. The lowest BCUT2D eigenvalue weighted by molar-refractivity contribution is -0.000838. The molecule has 0 aromatic heterocycles. The molecule has 2 nitrogen and oxygen atoms in total. The van der Waals surface area contributed by atoms with Gasteiger partial charge in [0.05, 0.1) is 0 Å². The fraction of sp³-hybridized carbons (Fsp3) is 0.500. The summed E-state index contributed by atoms with van der Waals surface area (Å²) in [5, 5.41) is 3.68. The highest BCUT2D eigenvalue weighted by atomic mass is 19.3. The minimum Gasteiger partial charge on any atom is -0.210 e. The molecule has 0 aliphatic rings. The molecular formula is C6H10F2N2. The summed E-state index contributed by atoms with van der Waals surface area (Å²) < 4.78 is 23.8. The maximum absolute atomic E-state index is 11.9. The van der Waals surface area contributed by atoms with E-state index >= 15 is 0 Å². The first kappa shape index (κ1) is 9.07. The highest BCUT2D eigenvalue weighted by Gasteiger charge is 2.12. The topological polar surface area (TPSA) is 15.6 Å². The van der Waals surface area contributed by atoms with Gasteiger partial charge in [-0.15, -0.1) is 0 Å². The van der Waals surface area contributed by atoms with Crippen LogP contribution in [0.3, 0.4) is 0 Å². The molecule has 0 rings (SSSR count). The molecule has 0 fully saturated rings. The molecule has 0 saturated heterocycles. The summed E-state index contributed by atoms with van der Waals surface area (Å²) in [4.78, 5) is 0. The molecule has 0 N–H and O–H groups in total. The largest absolute Gasteiger partial charge is 0.333 e. The van der Waals surface area contributed by atoms with Crippen LogP contribution in [0.2, 0.25) is 0 Å². The Morgan fingerprint density at radius 2 is 2.20 bits per heavy atom. The van der Waals surface area contributed by atoms with Crippen molar-refractivity contribution in [3.8, 4) is 0 Å². The third-order valence-corrected chi connectivity index (χ3v) is 1.12. The monoisotopic (exact) mass is 148 g/mol. The maximum Gasteiger partial charge on any atom is 0.333 e. The van der Waals surface area contributed by atoms with Crippen molar-refractivity contribution in [1.29, 1.82) is 0 Å². The van der Waals surface area contributed by atoms with Gasteiger partial charge in [0.2, 0.25) is 0 Å². The zero-order valence-corrected chi connectivity index (χ0v) is 6.01. The van der Waals surface area contributed by atoms with Crippen LogP contribution in [0, 0.1) is 0 Å². The van der Waals surface area contributed by atoms with Gasteiger partial charge in [0.1, 0.15) is 0 Å². The van der Waals surface area contributed by atoms with Crippen molar-refractivity contribution < 1.29 is 8.78 Å². The number of nitrogens with zero attached hydrogens (tertiary/aromatic N) is 2. The van der Waals surface area contributed by atoms with E-state index in [4.69, 9.17) is 0 Å². The third-order valence-electron chi connectivity index (χ3n) is 1.12. The Labute approximate surface area is 58.8 Å². The van der Waals surface area contributed by atoms with Crippen LogP contribution in [-0.4, -0.2) is 18.3 Å². The quantitative estimate of drug-likeness (QED) is 0.340. The number of hydrogen-bond acceptors (Lipinski definition) is 2. The third kappa shape index (κ3) is 2.13. The van der Waals surface area contributed by atoms with E-state index in [2.05, 4.69) is 11.8 Å². The van der Waals surface area contributed by atoms with Gasteiger partial charge < -0.3 is 0 Å². The lowest BCUT2D eigenvalue weighted by Crippen LogP contribution is -2.20. The zero-order valence-electron chi connectivity index (χ0n) is 6.01. The smallest absolute Gasteiger partial charge is 0.210 e. The number of halogens is 2. The first-order valence-electron chi connectivity index (χ1n) is 2.80. The second-order valence-electron chi connectivity index (χ2n) is 1.69. The standard InChI is InChI=1S/C6H10F2N2/c1-4-5(2)10(9-3)6(7)8/h4,6H,3H2,1-2H3/b5-4-. The van der Waals surface area contributed by atoms with E-state index < -0.39 is 6.55 Å². The molecule has 0 bridgehead atoms. The van der Waals surface area contributed by atoms with Gasteiger partial charge >= 0.3 is 6.55 Å². The molecule has 0 saturated carbocycles. The van der Waals surface area contributed by atoms with Crippen LogP contribution in [-0.2, 0) is 0 Å². The van der Waals surface area contributed by atoms with Crippen molar-refractivity contribution >= 4 is 6.72 Å². The number of alkyl halides is 2. The highest BCUT2D eigenvalue weighted by molar-refractivity contribution is 5.23. The SMILES string of the molecule is C=NN(/C(C)=C\C)C(F)F. The normalized spacial score (nSPS) is 11.9. The van der Waals surface area contributed by atoms with Gasteiger partial charge in [0.25, 0.3) is 0 Å². The summed E-state index contributed by atoms with van der Waals surface area (Å²) >= 11 is 0. The Bertz CT molecular complexity index is 143. The molecule has 0 amide bonds. The van der Waals surface area contributed by atoms with Crippen LogP contribution in [0.1, 0.15) is 13.8 Å². The van der Waals surface area contributed by atoms with Crippen molar-refractivity contribution in [2.45, 2.75) is 20.4 Å². The van der Waals surface area contributed by atoms with Crippen LogP contribution in [0.25, 0.3) is 0 Å². The van der Waals surface area contributed by atoms with E-state index in [-0.39, 0.29) is 0 Å². The van der Waals surface area contributed by atoms with Crippen LogP contribution in [0.5, 0.6) is 0 Å². The summed E-state index contributed by atoms with van der Waals surface area (Å²) in [6, 6.07) is 0. The lowest BCUT2D eigenvalue weighted by Gasteiger charge is -2.16. The Morgan fingerprint density at radius 1 is 1.70 bits per heavy atom. The fourth-order valence-electron chi connectivity index (χ4n) is 0.459. The first-order chi connectivity index (χ1) is 4.63. The average molecular weight is 148 g/mol. The van der Waals surface area contributed by atoms with E-state index in [0.717, 1.165) is 0 Å². The average Bonchev–Trinajstić information content (AvgIpc) is 1.88. The molecule has 10 heavy (non-hydrogen) atoms. The molecule has 58 valence electrons. The van der Waals surface area contributed by atoms with Gasteiger partial charge in [-0.25, -0.2) is 5.01 Å². The Balaban J connectivity index is 4.21. The predicted molar refractivity (Wildman–Crippen MR) is 36.8 cm³/mol. The molecule has 0 unspecified atom stereocenters. The minimum atomic E-state index is -2.60. The van der Waals surface area contributed by atoms with E-state index in [1.165, 1.54) is 0 Å². The predicted octanol–water partition coefficient (Wildman–Crippen LogP) is 2.05. The Hall–Kier alpha value is -0.930. The molecular weight excluding hydrogens is 138 g/mol. The molecule has 0 aliphatic heterocycles. The van der Waals surface area contributed by atoms with Gasteiger partial charge in [-0.1, -0.05) is 6.08 Å². The number of hydrogen-bond donors (Lipinski definition) is 0. The summed E-state index contributed by atoms with van der Waals surface area (Å²) in [6.07, 6.45) is 1.54. The van der Waals surface area contributed by atoms with E-state index in [9.17, 15) is 8.78 Å². The molecule has 0 aromatic carbocycles. The van der Waals surface area contributed by atoms with E-state index in [1.807, 2.05) is 0 Å². The minimum absolute atomic E-state index is 0.394. The summed E-state index contributed by atoms with van der Waals surface area (Å²) in [5.74, 6) is 0. The second kappa shape index (κ2) is 3.98. The van der Waals surface area contributed by atoms with E-state index in [1.54, 1.807) is 19.9 Å². The van der Waals surface area contributed by atoms with E-state index in [0.29, 0.717) is 10.7 Å². The van der Waals surface area contributed by atoms with Gasteiger partial charge in [0, 0.05) is 12.4 Å². The second-order valence-corrected chi connectivity index (χ2v) is 1.69. The van der Waals surface area contributed by atoms with Crippen molar-refractivity contribution in [3.05, 3.63) is 11.8 Å². The van der Waals surface area contributed by atoms with Gasteiger partial charge in [0.15, 0.2) is 0 Å². The fourth-order valence-corrected chi connectivity index (χ4v) is 0.459. The van der Waals surface area contributed by atoms with Crippen LogP contribution in [0.4, 0.5) is 8.78 Å². The molecule has 4 heteroatoms. The van der Waals surface area contributed by atoms with Crippen molar-refractivity contribution in [3.63, 3.8) is 0 Å². The maximum atomic E-state index is 11.9. The number of rotatable bonds is 3. The van der Waals surface area contributed by atoms with Crippen molar-refractivity contribution in [2.75, 3.05) is 0 Å². The summed E-state index contributed by atoms with van der Waals surface area (Å²) in [6.45, 7) is 3.61. The number of allylic oxidation sites excluding steroid dienone is 2. The molecule has 0 aromatic rings. The lowest BCUT2D eigenvalue weighted by atomic mass is 10.4.